The highest BCUT2D eigenvalue weighted by Gasteiger charge is 2.51. The molecule has 2 aliphatic rings. The van der Waals surface area contributed by atoms with Crippen molar-refractivity contribution < 1.29 is 0 Å². The Hall–Kier alpha value is -6.66. The Bertz CT molecular complexity index is 3100. The number of nitrogens with zero attached hydrogens (tertiary/aromatic N) is 3. The second kappa shape index (κ2) is 12.7. The van der Waals surface area contributed by atoms with Crippen molar-refractivity contribution in [3.63, 3.8) is 0 Å². The van der Waals surface area contributed by atoms with Gasteiger partial charge in [0.15, 0.2) is 17.5 Å². The minimum Gasteiger partial charge on any atom is -0.208 e. The fourth-order valence-corrected chi connectivity index (χ4v) is 11.4. The molecule has 2 aromatic heterocycles. The number of benzene rings is 8. The van der Waals surface area contributed by atoms with E-state index in [0.29, 0.717) is 17.5 Å². The van der Waals surface area contributed by atoms with Gasteiger partial charge in [0, 0.05) is 46.7 Å². The summed E-state index contributed by atoms with van der Waals surface area (Å²) in [5.74, 6) is 1.97. The molecule has 0 saturated heterocycles. The summed E-state index contributed by atoms with van der Waals surface area (Å²) in [6, 6.07) is 67.9. The van der Waals surface area contributed by atoms with Gasteiger partial charge in [-0.25, -0.2) is 15.0 Å². The predicted octanol–water partition coefficient (Wildman–Crippen LogP) is 13.7. The number of aromatic nitrogens is 3. The number of hydrogen-bond acceptors (Lipinski definition) is 5. The Balaban J connectivity index is 1.05. The van der Waals surface area contributed by atoms with Crippen molar-refractivity contribution >= 4 is 43.3 Å². The lowest BCUT2D eigenvalue weighted by Gasteiger charge is -2.39. The van der Waals surface area contributed by atoms with Crippen LogP contribution in [-0.2, 0) is 5.41 Å². The molecule has 5 heteroatoms. The standard InChI is InChI=1S/C52H31N3S2/c1-3-13-33(14-4-1)49-53-50(34-15-5-2-6-16-34)55-51(54-49)35-25-23-32(24-26-35)36-27-28-37-42(31-36)52(39-18-8-11-21-44(39)57-45-22-12-9-19-40(45)52)41-29-30-46-48(47(37)41)38-17-7-10-20-43(38)56-46/h1-31H. The van der Waals surface area contributed by atoms with Gasteiger partial charge in [-0.3, -0.25) is 0 Å². The molecule has 12 rings (SSSR count). The SMILES string of the molecule is c1ccc(-c2nc(-c3ccccc3)nc(-c3ccc(-c4ccc5c(c4)C4(c6ccccc6Sc6ccccc64)c4ccc6sc7ccccc7c6c4-5)cc3)n2)cc1. The molecule has 0 amide bonds. The van der Waals surface area contributed by atoms with Gasteiger partial charge in [0.1, 0.15) is 0 Å². The van der Waals surface area contributed by atoms with Crippen molar-refractivity contribution in [2.75, 3.05) is 0 Å². The van der Waals surface area contributed by atoms with E-state index in [4.69, 9.17) is 15.0 Å². The van der Waals surface area contributed by atoms with Crippen LogP contribution < -0.4 is 0 Å². The molecule has 3 nitrogen and oxygen atoms in total. The van der Waals surface area contributed by atoms with Gasteiger partial charge in [0.2, 0.25) is 0 Å². The zero-order chi connectivity index (χ0) is 37.5. The Kier molecular flexibility index (Phi) is 7.25. The third kappa shape index (κ3) is 4.89. The molecule has 1 spiro atoms. The fourth-order valence-electron chi connectivity index (χ4n) is 9.13. The fraction of sp³-hybridized carbons (Fsp3) is 0.0192. The highest BCUT2D eigenvalue weighted by atomic mass is 32.2. The van der Waals surface area contributed by atoms with Crippen molar-refractivity contribution in [3.8, 4) is 56.4 Å². The summed E-state index contributed by atoms with van der Waals surface area (Å²) in [5.41, 5.74) is 12.8. The Labute approximate surface area is 338 Å². The zero-order valence-corrected chi connectivity index (χ0v) is 32.2. The van der Waals surface area contributed by atoms with E-state index in [1.54, 1.807) is 0 Å². The summed E-state index contributed by atoms with van der Waals surface area (Å²) in [6.45, 7) is 0. The van der Waals surface area contributed by atoms with Crippen molar-refractivity contribution in [1.29, 1.82) is 0 Å². The molecule has 266 valence electrons. The van der Waals surface area contributed by atoms with Gasteiger partial charge >= 0.3 is 0 Å². The highest BCUT2D eigenvalue weighted by Crippen LogP contribution is 2.64. The highest BCUT2D eigenvalue weighted by molar-refractivity contribution is 7.99. The van der Waals surface area contributed by atoms with Crippen LogP contribution in [0.4, 0.5) is 0 Å². The largest absolute Gasteiger partial charge is 0.208 e. The van der Waals surface area contributed by atoms with Crippen LogP contribution in [-0.4, -0.2) is 15.0 Å². The smallest absolute Gasteiger partial charge is 0.164 e. The van der Waals surface area contributed by atoms with E-state index in [2.05, 4.69) is 127 Å². The van der Waals surface area contributed by atoms with Gasteiger partial charge in [-0.2, -0.15) is 0 Å². The van der Waals surface area contributed by atoms with Crippen LogP contribution in [0.25, 0.3) is 76.6 Å². The summed E-state index contributed by atoms with van der Waals surface area (Å²) in [7, 11) is 0. The predicted molar refractivity (Wildman–Crippen MR) is 236 cm³/mol. The summed E-state index contributed by atoms with van der Waals surface area (Å²) in [6.07, 6.45) is 0. The molecular weight excluding hydrogens is 731 g/mol. The number of rotatable bonds is 4. The van der Waals surface area contributed by atoms with Crippen molar-refractivity contribution in [1.82, 2.24) is 15.0 Å². The number of thiophene rings is 1. The summed E-state index contributed by atoms with van der Waals surface area (Å²) < 4.78 is 2.65. The molecule has 0 bridgehead atoms. The summed E-state index contributed by atoms with van der Waals surface area (Å²) in [4.78, 5) is 17.5. The van der Waals surface area contributed by atoms with E-state index in [9.17, 15) is 0 Å². The van der Waals surface area contributed by atoms with E-state index in [1.165, 1.54) is 68.9 Å². The minimum atomic E-state index is -0.469. The van der Waals surface area contributed by atoms with Crippen LogP contribution in [0.5, 0.6) is 0 Å². The van der Waals surface area contributed by atoms with Crippen molar-refractivity contribution in [3.05, 3.63) is 210 Å². The third-order valence-corrected chi connectivity index (χ3v) is 13.9. The van der Waals surface area contributed by atoms with Gasteiger partial charge < -0.3 is 0 Å². The van der Waals surface area contributed by atoms with Crippen LogP contribution >= 0.6 is 23.1 Å². The first-order chi connectivity index (χ1) is 28.2. The zero-order valence-electron chi connectivity index (χ0n) is 30.6. The molecule has 0 radical (unpaired) electrons. The average molecular weight is 762 g/mol. The maximum Gasteiger partial charge on any atom is 0.164 e. The minimum absolute atomic E-state index is 0.469. The molecule has 0 N–H and O–H groups in total. The van der Waals surface area contributed by atoms with Crippen LogP contribution in [0.3, 0.4) is 0 Å². The molecule has 57 heavy (non-hydrogen) atoms. The normalized spacial score (nSPS) is 13.3. The van der Waals surface area contributed by atoms with E-state index < -0.39 is 5.41 Å². The molecule has 0 fully saturated rings. The molecule has 0 atom stereocenters. The maximum absolute atomic E-state index is 4.99. The first-order valence-electron chi connectivity index (χ1n) is 19.2. The number of fused-ring (bicyclic) bond motifs is 13. The lowest BCUT2D eigenvalue weighted by atomic mass is 9.67. The van der Waals surface area contributed by atoms with Crippen molar-refractivity contribution in [2.24, 2.45) is 0 Å². The van der Waals surface area contributed by atoms with Crippen LogP contribution in [0, 0.1) is 0 Å². The van der Waals surface area contributed by atoms with Gasteiger partial charge in [-0.1, -0.05) is 169 Å². The summed E-state index contributed by atoms with van der Waals surface area (Å²) in [5, 5.41) is 2.69. The second-order valence-corrected chi connectivity index (χ2v) is 16.8. The van der Waals surface area contributed by atoms with Gasteiger partial charge in [0.25, 0.3) is 0 Å². The van der Waals surface area contributed by atoms with Gasteiger partial charge in [0.05, 0.1) is 5.41 Å². The van der Waals surface area contributed by atoms with E-state index in [-0.39, 0.29) is 0 Å². The molecule has 3 heterocycles. The first-order valence-corrected chi connectivity index (χ1v) is 20.8. The topological polar surface area (TPSA) is 38.7 Å². The average Bonchev–Trinajstić information content (AvgIpc) is 3.80. The molecule has 0 saturated carbocycles. The second-order valence-electron chi connectivity index (χ2n) is 14.7. The van der Waals surface area contributed by atoms with E-state index in [1.807, 2.05) is 83.8 Å². The lowest BCUT2D eigenvalue weighted by molar-refractivity contribution is 0.723. The quantitative estimate of drug-likeness (QED) is 0.179. The monoisotopic (exact) mass is 761 g/mol. The number of hydrogen-bond donors (Lipinski definition) is 0. The molecule has 1 aliphatic carbocycles. The van der Waals surface area contributed by atoms with E-state index >= 15 is 0 Å². The Morgan fingerprint density at radius 2 is 0.895 bits per heavy atom. The van der Waals surface area contributed by atoms with Gasteiger partial charge in [-0.05, 0) is 74.8 Å². The molecule has 0 unspecified atom stereocenters. The molecule has 8 aromatic carbocycles. The maximum atomic E-state index is 4.99. The Morgan fingerprint density at radius 1 is 0.368 bits per heavy atom. The molecular formula is C52H31N3S2. The van der Waals surface area contributed by atoms with Gasteiger partial charge in [-0.15, -0.1) is 11.3 Å². The van der Waals surface area contributed by atoms with Crippen LogP contribution in [0.15, 0.2) is 198 Å². The Morgan fingerprint density at radius 3 is 1.54 bits per heavy atom. The first kappa shape index (κ1) is 32.6. The summed E-state index contributed by atoms with van der Waals surface area (Å²) >= 11 is 3.77. The van der Waals surface area contributed by atoms with Crippen LogP contribution in [0.2, 0.25) is 0 Å². The van der Waals surface area contributed by atoms with Crippen molar-refractivity contribution in [2.45, 2.75) is 15.2 Å². The third-order valence-electron chi connectivity index (χ3n) is 11.6. The molecule has 1 aliphatic heterocycles. The van der Waals surface area contributed by atoms with Crippen LogP contribution in [0.1, 0.15) is 22.3 Å². The van der Waals surface area contributed by atoms with E-state index in [0.717, 1.165) is 22.3 Å². The lowest BCUT2D eigenvalue weighted by Crippen LogP contribution is -2.31. The molecule has 10 aromatic rings.